The lowest BCUT2D eigenvalue weighted by Crippen LogP contribution is -2.10. The first-order valence-corrected chi connectivity index (χ1v) is 6.26. The molecule has 2 aromatic carbocycles. The average Bonchev–Trinajstić information content (AvgIpc) is 2.41. The zero-order valence-electron chi connectivity index (χ0n) is 11.4. The molecule has 0 saturated heterocycles. The Morgan fingerprint density at radius 3 is 2.65 bits per heavy atom. The van der Waals surface area contributed by atoms with Crippen LogP contribution in [0.1, 0.15) is 27.0 Å². The summed E-state index contributed by atoms with van der Waals surface area (Å²) in [5.74, 6) is -0.939. The van der Waals surface area contributed by atoms with Gasteiger partial charge in [0.05, 0.1) is 5.56 Å². The zero-order valence-corrected chi connectivity index (χ0v) is 11.4. The fraction of sp³-hybridized carbons (Fsp3) is 0.188. The monoisotopic (exact) mass is 273 g/mol. The average molecular weight is 273 g/mol. The van der Waals surface area contributed by atoms with Crippen LogP contribution in [0.25, 0.3) is 0 Å². The lowest BCUT2D eigenvalue weighted by atomic mass is 10.0. The lowest BCUT2D eigenvalue weighted by molar-refractivity contribution is 0.0470. The molecule has 0 bridgehead atoms. The number of hydrogen-bond acceptors (Lipinski definition) is 3. The van der Waals surface area contributed by atoms with Gasteiger partial charge in [0.1, 0.15) is 12.4 Å². The third-order valence-corrected chi connectivity index (χ3v) is 3.07. The number of esters is 1. The Morgan fingerprint density at radius 1 is 1.25 bits per heavy atom. The van der Waals surface area contributed by atoms with Crippen molar-refractivity contribution in [3.05, 3.63) is 64.5 Å². The second kappa shape index (κ2) is 5.74. The van der Waals surface area contributed by atoms with Crippen molar-refractivity contribution < 1.29 is 13.9 Å². The van der Waals surface area contributed by atoms with Crippen molar-refractivity contribution in [3.63, 3.8) is 0 Å². The van der Waals surface area contributed by atoms with Crippen molar-refractivity contribution in [2.45, 2.75) is 20.5 Å². The van der Waals surface area contributed by atoms with Crippen LogP contribution in [0, 0.1) is 19.7 Å². The minimum Gasteiger partial charge on any atom is -0.457 e. The minimum atomic E-state index is -0.544. The summed E-state index contributed by atoms with van der Waals surface area (Å²) in [5, 5.41) is 0. The van der Waals surface area contributed by atoms with Crippen LogP contribution in [-0.2, 0) is 11.3 Å². The third-order valence-electron chi connectivity index (χ3n) is 3.07. The molecule has 2 rings (SSSR count). The predicted molar refractivity (Wildman–Crippen MR) is 75.8 cm³/mol. The first-order valence-electron chi connectivity index (χ1n) is 6.26. The van der Waals surface area contributed by atoms with Gasteiger partial charge in [0.15, 0.2) is 0 Å². The highest BCUT2D eigenvalue weighted by Crippen LogP contribution is 2.21. The van der Waals surface area contributed by atoms with E-state index in [1.165, 1.54) is 6.07 Å². The van der Waals surface area contributed by atoms with Crippen molar-refractivity contribution in [3.8, 4) is 0 Å². The van der Waals surface area contributed by atoms with Crippen LogP contribution in [0.5, 0.6) is 0 Å². The number of carbonyl (C=O) groups is 1. The van der Waals surface area contributed by atoms with Crippen molar-refractivity contribution >= 4 is 11.7 Å². The van der Waals surface area contributed by atoms with E-state index in [1.807, 2.05) is 19.9 Å². The molecule has 0 aliphatic rings. The van der Waals surface area contributed by atoms with Crippen LogP contribution >= 0.6 is 0 Å². The number of benzene rings is 2. The summed E-state index contributed by atoms with van der Waals surface area (Å²) in [6, 6.07) is 9.75. The second-order valence-electron chi connectivity index (χ2n) is 4.71. The van der Waals surface area contributed by atoms with Gasteiger partial charge in [-0.05, 0) is 37.1 Å². The second-order valence-corrected chi connectivity index (χ2v) is 4.71. The van der Waals surface area contributed by atoms with Crippen molar-refractivity contribution in [1.29, 1.82) is 0 Å². The number of nitrogens with two attached hydrogens (primary N) is 1. The largest absolute Gasteiger partial charge is 0.457 e. The highest BCUT2D eigenvalue weighted by atomic mass is 19.1. The first kappa shape index (κ1) is 14.1. The van der Waals surface area contributed by atoms with Crippen molar-refractivity contribution in [2.75, 3.05) is 5.73 Å². The number of nitrogen functional groups attached to an aromatic ring is 1. The fourth-order valence-corrected chi connectivity index (χ4v) is 1.98. The third kappa shape index (κ3) is 2.96. The summed E-state index contributed by atoms with van der Waals surface area (Å²) >= 11 is 0. The highest BCUT2D eigenvalue weighted by molar-refractivity contribution is 5.96. The van der Waals surface area contributed by atoms with E-state index in [2.05, 4.69) is 0 Å². The molecule has 0 fully saturated rings. The minimum absolute atomic E-state index is 0.113. The van der Waals surface area contributed by atoms with E-state index < -0.39 is 11.8 Å². The van der Waals surface area contributed by atoms with Crippen molar-refractivity contribution in [1.82, 2.24) is 0 Å². The Morgan fingerprint density at radius 2 is 1.95 bits per heavy atom. The van der Waals surface area contributed by atoms with Crippen LogP contribution in [0.15, 0.2) is 36.4 Å². The molecule has 0 aliphatic carbocycles. The van der Waals surface area contributed by atoms with Crippen LogP contribution < -0.4 is 5.73 Å². The standard InChI is InChI=1S/C16H16FNO2/c1-10-7-11(2)15(18)13(8-10)16(19)20-9-12-5-3-4-6-14(12)17/h3-8H,9,18H2,1-2H3. The maximum absolute atomic E-state index is 13.4. The molecule has 0 heterocycles. The molecule has 0 unspecified atom stereocenters. The maximum Gasteiger partial charge on any atom is 0.340 e. The van der Waals surface area contributed by atoms with E-state index in [1.54, 1.807) is 24.3 Å². The Balaban J connectivity index is 2.15. The van der Waals surface area contributed by atoms with Gasteiger partial charge in [0.25, 0.3) is 0 Å². The molecule has 0 amide bonds. The SMILES string of the molecule is Cc1cc(C)c(N)c(C(=O)OCc2ccccc2F)c1. The van der Waals surface area contributed by atoms with Crippen LogP contribution in [0.2, 0.25) is 0 Å². The number of ether oxygens (including phenoxy) is 1. The molecular weight excluding hydrogens is 257 g/mol. The molecule has 0 saturated carbocycles. The molecule has 2 aromatic rings. The van der Waals surface area contributed by atoms with Gasteiger partial charge >= 0.3 is 5.97 Å². The summed E-state index contributed by atoms with van der Waals surface area (Å²) in [4.78, 5) is 12.0. The van der Waals surface area contributed by atoms with E-state index in [4.69, 9.17) is 10.5 Å². The van der Waals surface area contributed by atoms with Gasteiger partial charge in [0, 0.05) is 11.3 Å². The summed E-state index contributed by atoms with van der Waals surface area (Å²) in [6.45, 7) is 3.59. The predicted octanol–water partition coefficient (Wildman–Crippen LogP) is 3.38. The van der Waals surface area contributed by atoms with Gasteiger partial charge < -0.3 is 10.5 Å². The van der Waals surface area contributed by atoms with E-state index >= 15 is 0 Å². The molecular formula is C16H16FNO2. The summed E-state index contributed by atoms with van der Waals surface area (Å²) in [7, 11) is 0. The van der Waals surface area contributed by atoms with E-state index in [0.29, 0.717) is 16.8 Å². The van der Waals surface area contributed by atoms with Gasteiger partial charge in [-0.3, -0.25) is 0 Å². The molecule has 0 aromatic heterocycles. The fourth-order valence-electron chi connectivity index (χ4n) is 1.98. The van der Waals surface area contributed by atoms with E-state index in [9.17, 15) is 9.18 Å². The Kier molecular flexibility index (Phi) is 4.03. The van der Waals surface area contributed by atoms with Gasteiger partial charge in [-0.2, -0.15) is 0 Å². The first-order chi connectivity index (χ1) is 9.49. The molecule has 4 heteroatoms. The van der Waals surface area contributed by atoms with E-state index in [0.717, 1.165) is 11.1 Å². The normalized spacial score (nSPS) is 10.3. The van der Waals surface area contributed by atoms with Gasteiger partial charge in [-0.15, -0.1) is 0 Å². The number of anilines is 1. The zero-order chi connectivity index (χ0) is 14.7. The highest BCUT2D eigenvalue weighted by Gasteiger charge is 2.14. The Labute approximate surface area is 117 Å². The van der Waals surface area contributed by atoms with Gasteiger partial charge in [0.2, 0.25) is 0 Å². The van der Waals surface area contributed by atoms with Crippen LogP contribution in [0.4, 0.5) is 10.1 Å². The molecule has 3 nitrogen and oxygen atoms in total. The smallest absolute Gasteiger partial charge is 0.340 e. The Bertz CT molecular complexity index is 653. The quantitative estimate of drug-likeness (QED) is 0.689. The van der Waals surface area contributed by atoms with Crippen LogP contribution in [-0.4, -0.2) is 5.97 Å². The summed E-state index contributed by atoms with van der Waals surface area (Å²) in [6.07, 6.45) is 0. The number of aryl methyl sites for hydroxylation is 2. The number of halogens is 1. The molecule has 0 spiro atoms. The van der Waals surface area contributed by atoms with E-state index in [-0.39, 0.29) is 6.61 Å². The Hall–Kier alpha value is -2.36. The molecule has 104 valence electrons. The number of carbonyl (C=O) groups excluding carboxylic acids is 1. The molecule has 20 heavy (non-hydrogen) atoms. The van der Waals surface area contributed by atoms with Crippen LogP contribution in [0.3, 0.4) is 0 Å². The summed E-state index contributed by atoms with van der Waals surface area (Å²) in [5.41, 5.74) is 8.68. The molecule has 0 radical (unpaired) electrons. The lowest BCUT2D eigenvalue weighted by Gasteiger charge is -2.10. The summed E-state index contributed by atoms with van der Waals surface area (Å²) < 4.78 is 18.6. The number of rotatable bonds is 3. The molecule has 0 atom stereocenters. The number of hydrogen-bond donors (Lipinski definition) is 1. The molecule has 2 N–H and O–H groups in total. The molecule has 0 aliphatic heterocycles. The van der Waals surface area contributed by atoms with Gasteiger partial charge in [-0.1, -0.05) is 24.3 Å². The van der Waals surface area contributed by atoms with Gasteiger partial charge in [-0.25, -0.2) is 9.18 Å². The van der Waals surface area contributed by atoms with Crippen molar-refractivity contribution in [2.24, 2.45) is 0 Å². The topological polar surface area (TPSA) is 52.3 Å². The maximum atomic E-state index is 13.4.